The quantitative estimate of drug-likeness (QED) is 0.853. The van der Waals surface area contributed by atoms with Crippen molar-refractivity contribution in [2.75, 3.05) is 32.6 Å². The van der Waals surface area contributed by atoms with E-state index in [9.17, 15) is 0 Å². The van der Waals surface area contributed by atoms with Gasteiger partial charge in [-0.3, -0.25) is 0 Å². The summed E-state index contributed by atoms with van der Waals surface area (Å²) in [6.07, 6.45) is 5.32. The second-order valence-electron chi connectivity index (χ2n) is 5.47. The molecular weight excluding hydrogens is 236 g/mol. The van der Waals surface area contributed by atoms with Crippen molar-refractivity contribution >= 4 is 5.69 Å². The number of rotatable bonds is 6. The Morgan fingerprint density at radius 2 is 2.11 bits per heavy atom. The highest BCUT2D eigenvalue weighted by atomic mass is 16.5. The summed E-state index contributed by atoms with van der Waals surface area (Å²) in [6, 6.07) is 8.96. The average molecular weight is 262 g/mol. The van der Waals surface area contributed by atoms with Gasteiger partial charge in [0, 0.05) is 19.6 Å². The second kappa shape index (κ2) is 6.80. The van der Waals surface area contributed by atoms with Crippen molar-refractivity contribution in [2.45, 2.75) is 31.7 Å². The molecule has 2 unspecified atom stereocenters. The number of nitrogens with one attached hydrogen (secondary N) is 1. The first-order valence-corrected chi connectivity index (χ1v) is 7.27. The Morgan fingerprint density at radius 3 is 2.84 bits per heavy atom. The molecule has 3 nitrogen and oxygen atoms in total. The third kappa shape index (κ3) is 3.41. The Balaban J connectivity index is 1.92. The van der Waals surface area contributed by atoms with Crippen LogP contribution in [0.25, 0.3) is 0 Å². The molecule has 1 N–H and O–H groups in total. The van der Waals surface area contributed by atoms with Gasteiger partial charge in [-0.05, 0) is 44.4 Å². The van der Waals surface area contributed by atoms with Gasteiger partial charge in [-0.25, -0.2) is 0 Å². The van der Waals surface area contributed by atoms with Crippen molar-refractivity contribution in [1.29, 1.82) is 0 Å². The zero-order valence-corrected chi connectivity index (χ0v) is 12.4. The molecule has 0 bridgehead atoms. The molecule has 0 heterocycles. The topological polar surface area (TPSA) is 24.5 Å². The van der Waals surface area contributed by atoms with Gasteiger partial charge in [0.1, 0.15) is 5.75 Å². The molecular formula is C16H26N2O. The molecule has 2 atom stereocenters. The van der Waals surface area contributed by atoms with E-state index in [2.05, 4.69) is 36.4 Å². The highest BCUT2D eigenvalue weighted by molar-refractivity contribution is 5.57. The van der Waals surface area contributed by atoms with E-state index in [0.29, 0.717) is 6.04 Å². The predicted octanol–water partition coefficient (Wildman–Crippen LogP) is 2.91. The first-order valence-electron chi connectivity index (χ1n) is 7.27. The van der Waals surface area contributed by atoms with E-state index in [1.807, 2.05) is 12.1 Å². The minimum absolute atomic E-state index is 0.714. The van der Waals surface area contributed by atoms with Crippen LogP contribution in [0, 0.1) is 5.92 Å². The first-order chi connectivity index (χ1) is 9.26. The molecule has 0 saturated heterocycles. The number of hydrogen-bond acceptors (Lipinski definition) is 3. The second-order valence-corrected chi connectivity index (χ2v) is 5.47. The fraction of sp³-hybridized carbons (Fsp3) is 0.625. The molecule has 2 rings (SSSR count). The summed E-state index contributed by atoms with van der Waals surface area (Å²) in [6.45, 7) is 1.09. The van der Waals surface area contributed by atoms with E-state index >= 15 is 0 Å². The van der Waals surface area contributed by atoms with Crippen molar-refractivity contribution in [3.05, 3.63) is 24.3 Å². The van der Waals surface area contributed by atoms with E-state index in [0.717, 1.165) is 18.2 Å². The van der Waals surface area contributed by atoms with Crippen LogP contribution in [-0.2, 0) is 0 Å². The van der Waals surface area contributed by atoms with Crippen LogP contribution < -0.4 is 15.0 Å². The maximum atomic E-state index is 5.43. The number of hydrogen-bond donors (Lipinski definition) is 1. The zero-order valence-electron chi connectivity index (χ0n) is 12.4. The lowest BCUT2D eigenvalue weighted by molar-refractivity contribution is 0.398. The fourth-order valence-corrected chi connectivity index (χ4v) is 3.19. The molecule has 1 saturated carbocycles. The molecule has 106 valence electrons. The van der Waals surface area contributed by atoms with E-state index in [1.54, 1.807) is 7.11 Å². The van der Waals surface area contributed by atoms with Crippen LogP contribution >= 0.6 is 0 Å². The van der Waals surface area contributed by atoms with Gasteiger partial charge in [-0.2, -0.15) is 0 Å². The van der Waals surface area contributed by atoms with Gasteiger partial charge < -0.3 is 15.0 Å². The maximum absolute atomic E-state index is 5.43. The van der Waals surface area contributed by atoms with Gasteiger partial charge in [-0.15, -0.1) is 0 Å². The Bertz CT molecular complexity index is 394. The van der Waals surface area contributed by atoms with Crippen LogP contribution in [0.15, 0.2) is 24.3 Å². The smallest absolute Gasteiger partial charge is 0.142 e. The highest BCUT2D eigenvalue weighted by Crippen LogP contribution is 2.30. The summed E-state index contributed by atoms with van der Waals surface area (Å²) in [5, 5.41) is 3.46. The first kappa shape index (κ1) is 14.2. The van der Waals surface area contributed by atoms with Crippen LogP contribution in [0.2, 0.25) is 0 Å². The normalized spacial score (nSPS) is 22.5. The number of nitrogens with zero attached hydrogens (tertiary/aromatic N) is 1. The highest BCUT2D eigenvalue weighted by Gasteiger charge is 2.25. The monoisotopic (exact) mass is 262 g/mol. The van der Waals surface area contributed by atoms with Crippen LogP contribution in [0.4, 0.5) is 5.69 Å². The SMILES string of the molecule is CNC1CCCC1CCN(C)c1ccccc1OC. The Morgan fingerprint density at radius 1 is 1.32 bits per heavy atom. The third-order valence-electron chi connectivity index (χ3n) is 4.36. The lowest BCUT2D eigenvalue weighted by Gasteiger charge is -2.25. The van der Waals surface area contributed by atoms with Crippen molar-refractivity contribution < 1.29 is 4.74 Å². The predicted molar refractivity (Wildman–Crippen MR) is 81.1 cm³/mol. The largest absolute Gasteiger partial charge is 0.495 e. The van der Waals surface area contributed by atoms with Gasteiger partial charge >= 0.3 is 0 Å². The summed E-state index contributed by atoms with van der Waals surface area (Å²) in [7, 11) is 5.98. The summed E-state index contributed by atoms with van der Waals surface area (Å²) >= 11 is 0. The minimum atomic E-state index is 0.714. The number of methoxy groups -OCH3 is 1. The molecule has 1 aromatic carbocycles. The molecule has 0 amide bonds. The van der Waals surface area contributed by atoms with E-state index in [4.69, 9.17) is 4.74 Å². The van der Waals surface area contributed by atoms with E-state index in [-0.39, 0.29) is 0 Å². The van der Waals surface area contributed by atoms with Gasteiger partial charge in [0.25, 0.3) is 0 Å². The van der Waals surface area contributed by atoms with Crippen molar-refractivity contribution in [3.8, 4) is 5.75 Å². The molecule has 1 aliphatic carbocycles. The molecule has 3 heteroatoms. The number of ether oxygens (including phenoxy) is 1. The van der Waals surface area contributed by atoms with Crippen LogP contribution in [0.1, 0.15) is 25.7 Å². The van der Waals surface area contributed by atoms with Crippen molar-refractivity contribution in [3.63, 3.8) is 0 Å². The van der Waals surface area contributed by atoms with Crippen LogP contribution in [-0.4, -0.2) is 33.8 Å². The van der Waals surface area contributed by atoms with E-state index < -0.39 is 0 Å². The van der Waals surface area contributed by atoms with Gasteiger partial charge in [0.15, 0.2) is 0 Å². The van der Waals surface area contributed by atoms with Gasteiger partial charge in [-0.1, -0.05) is 18.6 Å². The maximum Gasteiger partial charge on any atom is 0.142 e. The molecule has 19 heavy (non-hydrogen) atoms. The molecule has 0 aromatic heterocycles. The zero-order chi connectivity index (χ0) is 13.7. The molecule has 0 radical (unpaired) electrons. The molecule has 0 aliphatic heterocycles. The molecule has 0 spiro atoms. The number of para-hydroxylation sites is 2. The third-order valence-corrected chi connectivity index (χ3v) is 4.36. The van der Waals surface area contributed by atoms with E-state index in [1.165, 1.54) is 31.4 Å². The fourth-order valence-electron chi connectivity index (χ4n) is 3.19. The van der Waals surface area contributed by atoms with Crippen molar-refractivity contribution in [2.24, 2.45) is 5.92 Å². The summed E-state index contributed by atoms with van der Waals surface area (Å²) < 4.78 is 5.43. The molecule has 1 aromatic rings. The average Bonchev–Trinajstić information content (AvgIpc) is 2.92. The van der Waals surface area contributed by atoms with Crippen molar-refractivity contribution in [1.82, 2.24) is 5.32 Å². The Hall–Kier alpha value is -1.22. The number of benzene rings is 1. The lowest BCUT2D eigenvalue weighted by atomic mass is 9.99. The lowest BCUT2D eigenvalue weighted by Crippen LogP contribution is -2.31. The summed E-state index contributed by atoms with van der Waals surface area (Å²) in [5.74, 6) is 1.78. The van der Waals surface area contributed by atoms with Gasteiger partial charge in [0.05, 0.1) is 12.8 Å². The van der Waals surface area contributed by atoms with Crippen LogP contribution in [0.3, 0.4) is 0 Å². The standard InChI is InChI=1S/C16H26N2O/c1-17-14-8-6-7-13(14)11-12-18(2)15-9-4-5-10-16(15)19-3/h4-5,9-10,13-14,17H,6-8,11-12H2,1-3H3. The van der Waals surface area contributed by atoms with Crippen LogP contribution in [0.5, 0.6) is 5.75 Å². The number of anilines is 1. The summed E-state index contributed by atoms with van der Waals surface area (Å²) in [5.41, 5.74) is 1.18. The Kier molecular flexibility index (Phi) is 5.08. The minimum Gasteiger partial charge on any atom is -0.495 e. The Labute approximate surface area is 116 Å². The summed E-state index contributed by atoms with van der Waals surface area (Å²) in [4.78, 5) is 2.31. The van der Waals surface area contributed by atoms with Gasteiger partial charge in [0.2, 0.25) is 0 Å². The molecule has 1 fully saturated rings. The molecule has 1 aliphatic rings.